The Morgan fingerprint density at radius 3 is 2.62 bits per heavy atom. The van der Waals surface area contributed by atoms with Gasteiger partial charge in [0.05, 0.1) is 0 Å². The van der Waals surface area contributed by atoms with Crippen LogP contribution < -0.4 is 5.32 Å². The molecular formula is C14H21NO. The fourth-order valence-electron chi connectivity index (χ4n) is 1.85. The van der Waals surface area contributed by atoms with Crippen molar-refractivity contribution in [2.75, 3.05) is 5.32 Å². The summed E-state index contributed by atoms with van der Waals surface area (Å²) in [5.41, 5.74) is 3.52. The van der Waals surface area contributed by atoms with Crippen molar-refractivity contribution < 1.29 is 4.79 Å². The van der Waals surface area contributed by atoms with Gasteiger partial charge in [-0.1, -0.05) is 38.8 Å². The molecule has 1 N–H and O–H groups in total. The van der Waals surface area contributed by atoms with Gasteiger partial charge in [-0.05, 0) is 36.5 Å². The van der Waals surface area contributed by atoms with Crippen molar-refractivity contribution in [2.24, 2.45) is 0 Å². The van der Waals surface area contributed by atoms with Gasteiger partial charge >= 0.3 is 0 Å². The molecule has 0 radical (unpaired) electrons. The number of amides is 1. The molecule has 1 aromatic carbocycles. The zero-order valence-corrected chi connectivity index (χ0v) is 10.3. The topological polar surface area (TPSA) is 29.1 Å². The van der Waals surface area contributed by atoms with Gasteiger partial charge in [0, 0.05) is 5.69 Å². The molecular weight excluding hydrogens is 198 g/mol. The number of carbonyl (C=O) groups excluding carboxylic acids is 1. The lowest BCUT2D eigenvalue weighted by Crippen LogP contribution is -2.00. The summed E-state index contributed by atoms with van der Waals surface area (Å²) in [6.07, 6.45) is 6.38. The molecule has 0 bridgehead atoms. The molecule has 0 spiro atoms. The average molecular weight is 219 g/mol. The van der Waals surface area contributed by atoms with Crippen molar-refractivity contribution in [3.8, 4) is 0 Å². The van der Waals surface area contributed by atoms with E-state index in [1.165, 1.54) is 24.0 Å². The molecule has 1 aromatic rings. The average Bonchev–Trinajstić information content (AvgIpc) is 2.30. The lowest BCUT2D eigenvalue weighted by molar-refractivity contribution is -0.105. The fraction of sp³-hybridized carbons (Fsp3) is 0.500. The largest absolute Gasteiger partial charge is 0.328 e. The molecule has 0 aromatic heterocycles. The van der Waals surface area contributed by atoms with Gasteiger partial charge in [-0.2, -0.15) is 0 Å². The second-order valence-electron chi connectivity index (χ2n) is 4.11. The molecule has 0 saturated carbocycles. The molecule has 0 aliphatic heterocycles. The van der Waals surface area contributed by atoms with E-state index in [0.717, 1.165) is 31.4 Å². The van der Waals surface area contributed by atoms with Crippen LogP contribution in [0.4, 0.5) is 5.69 Å². The minimum absolute atomic E-state index is 0.762. The number of unbranched alkanes of at least 4 members (excludes halogenated alkanes) is 1. The van der Waals surface area contributed by atoms with Gasteiger partial charge in [-0.25, -0.2) is 0 Å². The van der Waals surface area contributed by atoms with Crippen LogP contribution >= 0.6 is 0 Å². The van der Waals surface area contributed by atoms with E-state index < -0.39 is 0 Å². The molecule has 0 fully saturated rings. The van der Waals surface area contributed by atoms with E-state index in [9.17, 15) is 4.79 Å². The Morgan fingerprint density at radius 1 is 1.19 bits per heavy atom. The van der Waals surface area contributed by atoms with E-state index in [0.29, 0.717) is 0 Å². The first-order chi connectivity index (χ1) is 7.81. The second kappa shape index (κ2) is 7.04. The lowest BCUT2D eigenvalue weighted by atomic mass is 10.0. The Labute approximate surface area is 98.1 Å². The Balaban J connectivity index is 2.83. The number of aryl methyl sites for hydroxylation is 2. The first-order valence-corrected chi connectivity index (χ1v) is 6.13. The van der Waals surface area contributed by atoms with Crippen LogP contribution in [0, 0.1) is 0 Å². The van der Waals surface area contributed by atoms with E-state index in [1.54, 1.807) is 0 Å². The molecule has 0 aliphatic carbocycles. The van der Waals surface area contributed by atoms with Crippen molar-refractivity contribution in [2.45, 2.75) is 46.0 Å². The van der Waals surface area contributed by atoms with Crippen LogP contribution in [0.3, 0.4) is 0 Å². The molecule has 0 heterocycles. The number of benzene rings is 1. The SMILES string of the molecule is CCCCc1ccc(CCC)c(NC=O)c1. The van der Waals surface area contributed by atoms with Crippen LogP contribution in [-0.2, 0) is 17.6 Å². The Morgan fingerprint density at radius 2 is 2.00 bits per heavy atom. The smallest absolute Gasteiger partial charge is 0.211 e. The van der Waals surface area contributed by atoms with E-state index in [4.69, 9.17) is 0 Å². The van der Waals surface area contributed by atoms with Crippen LogP contribution in [0.1, 0.15) is 44.2 Å². The molecule has 1 amide bonds. The van der Waals surface area contributed by atoms with E-state index in [-0.39, 0.29) is 0 Å². The minimum Gasteiger partial charge on any atom is -0.328 e. The molecule has 1 rings (SSSR count). The van der Waals surface area contributed by atoms with Gasteiger partial charge in [0.2, 0.25) is 6.41 Å². The van der Waals surface area contributed by atoms with E-state index in [1.807, 2.05) is 0 Å². The summed E-state index contributed by atoms with van der Waals surface area (Å²) in [6.45, 7) is 4.34. The normalized spacial score (nSPS) is 10.1. The van der Waals surface area contributed by atoms with Gasteiger partial charge in [0.1, 0.15) is 0 Å². The number of carbonyl (C=O) groups is 1. The summed E-state index contributed by atoms with van der Waals surface area (Å²) >= 11 is 0. The van der Waals surface area contributed by atoms with Crippen LogP contribution in [0.15, 0.2) is 18.2 Å². The van der Waals surface area contributed by atoms with Gasteiger partial charge in [-0.3, -0.25) is 4.79 Å². The van der Waals surface area contributed by atoms with Gasteiger partial charge in [0.15, 0.2) is 0 Å². The zero-order valence-electron chi connectivity index (χ0n) is 10.3. The third kappa shape index (κ3) is 3.69. The number of nitrogens with one attached hydrogen (secondary N) is 1. The molecule has 0 aliphatic rings. The van der Waals surface area contributed by atoms with E-state index >= 15 is 0 Å². The first kappa shape index (κ1) is 12.8. The maximum Gasteiger partial charge on any atom is 0.211 e. The summed E-state index contributed by atoms with van der Waals surface area (Å²) in [5.74, 6) is 0. The molecule has 0 atom stereocenters. The van der Waals surface area contributed by atoms with Gasteiger partial charge in [-0.15, -0.1) is 0 Å². The first-order valence-electron chi connectivity index (χ1n) is 6.13. The van der Waals surface area contributed by atoms with Crippen LogP contribution in [0.25, 0.3) is 0 Å². The maximum atomic E-state index is 10.5. The monoisotopic (exact) mass is 219 g/mol. The van der Waals surface area contributed by atoms with Crippen molar-refractivity contribution >= 4 is 12.1 Å². The predicted octanol–water partition coefficient (Wildman–Crippen LogP) is 3.55. The number of rotatable bonds is 7. The second-order valence-corrected chi connectivity index (χ2v) is 4.11. The molecule has 88 valence electrons. The quantitative estimate of drug-likeness (QED) is 0.698. The maximum absolute atomic E-state index is 10.5. The Kier molecular flexibility index (Phi) is 5.62. The summed E-state index contributed by atoms with van der Waals surface area (Å²) in [5, 5.41) is 2.80. The van der Waals surface area contributed by atoms with Crippen LogP contribution in [0.5, 0.6) is 0 Å². The van der Waals surface area contributed by atoms with Crippen molar-refractivity contribution in [1.29, 1.82) is 0 Å². The highest BCUT2D eigenvalue weighted by atomic mass is 16.1. The highest BCUT2D eigenvalue weighted by Crippen LogP contribution is 2.20. The van der Waals surface area contributed by atoms with Crippen LogP contribution in [-0.4, -0.2) is 6.41 Å². The molecule has 2 heteroatoms. The number of anilines is 1. The summed E-state index contributed by atoms with van der Waals surface area (Å²) in [4.78, 5) is 10.5. The summed E-state index contributed by atoms with van der Waals surface area (Å²) in [7, 11) is 0. The van der Waals surface area contributed by atoms with Crippen LogP contribution in [0.2, 0.25) is 0 Å². The third-order valence-electron chi connectivity index (χ3n) is 2.73. The molecule has 2 nitrogen and oxygen atoms in total. The van der Waals surface area contributed by atoms with Gasteiger partial charge in [0.25, 0.3) is 0 Å². The lowest BCUT2D eigenvalue weighted by Gasteiger charge is -2.10. The van der Waals surface area contributed by atoms with Crippen molar-refractivity contribution in [1.82, 2.24) is 0 Å². The summed E-state index contributed by atoms with van der Waals surface area (Å²) in [6, 6.07) is 6.42. The molecule has 0 saturated heterocycles. The Hall–Kier alpha value is -1.31. The number of hydrogen-bond donors (Lipinski definition) is 1. The highest BCUT2D eigenvalue weighted by Gasteiger charge is 2.02. The fourth-order valence-corrected chi connectivity index (χ4v) is 1.85. The standard InChI is InChI=1S/C14H21NO/c1-3-5-7-12-8-9-13(6-4-2)14(10-12)15-11-16/h8-11H,3-7H2,1-2H3,(H,15,16). The predicted molar refractivity (Wildman–Crippen MR) is 68.7 cm³/mol. The Bertz CT molecular complexity index is 334. The van der Waals surface area contributed by atoms with Crippen molar-refractivity contribution in [3.63, 3.8) is 0 Å². The van der Waals surface area contributed by atoms with Gasteiger partial charge < -0.3 is 5.32 Å². The summed E-state index contributed by atoms with van der Waals surface area (Å²) < 4.78 is 0. The zero-order chi connectivity index (χ0) is 11.8. The van der Waals surface area contributed by atoms with E-state index in [2.05, 4.69) is 37.4 Å². The third-order valence-corrected chi connectivity index (χ3v) is 2.73. The van der Waals surface area contributed by atoms with Crippen molar-refractivity contribution in [3.05, 3.63) is 29.3 Å². The molecule has 0 unspecified atom stereocenters. The minimum atomic E-state index is 0.762. The number of hydrogen-bond acceptors (Lipinski definition) is 1. The highest BCUT2D eigenvalue weighted by molar-refractivity contribution is 5.73. The molecule has 16 heavy (non-hydrogen) atoms.